The molecule has 0 bridgehead atoms. The highest BCUT2D eigenvalue weighted by Gasteiger charge is 2.28. The summed E-state index contributed by atoms with van der Waals surface area (Å²) in [6, 6.07) is 11.6. The van der Waals surface area contributed by atoms with Gasteiger partial charge in [-0.2, -0.15) is 0 Å². The van der Waals surface area contributed by atoms with Crippen molar-refractivity contribution in [1.29, 1.82) is 0 Å². The smallest absolute Gasteiger partial charge is 0.409 e. The fourth-order valence-electron chi connectivity index (χ4n) is 1.83. The monoisotopic (exact) mass is 405 g/mol. The summed E-state index contributed by atoms with van der Waals surface area (Å²) in [7, 11) is 0. The molecule has 0 radical (unpaired) electrons. The Labute approximate surface area is 154 Å². The standard InChI is InChI=1S/C16H15Cl2FNO4P/c1-11(16(21)23-10-12-5-3-2-4-6-12)20-25(18,22)24-13-7-8-14(17)15(19)9-13/h2-9,11H,10H2,1H3,(H,20,22). The lowest BCUT2D eigenvalue weighted by molar-refractivity contribution is -0.146. The van der Waals surface area contributed by atoms with Crippen LogP contribution < -0.4 is 9.61 Å². The molecule has 0 aliphatic heterocycles. The van der Waals surface area contributed by atoms with Crippen molar-refractivity contribution in [2.24, 2.45) is 0 Å². The minimum Gasteiger partial charge on any atom is -0.460 e. The van der Waals surface area contributed by atoms with Gasteiger partial charge in [-0.25, -0.2) is 14.0 Å². The molecule has 25 heavy (non-hydrogen) atoms. The Morgan fingerprint density at radius 3 is 2.60 bits per heavy atom. The minimum absolute atomic E-state index is 0.0710. The van der Waals surface area contributed by atoms with Crippen LogP contribution in [0.25, 0.3) is 0 Å². The lowest BCUT2D eigenvalue weighted by Gasteiger charge is -2.18. The van der Waals surface area contributed by atoms with Gasteiger partial charge in [0, 0.05) is 17.3 Å². The van der Waals surface area contributed by atoms with Gasteiger partial charge in [-0.15, -0.1) is 0 Å². The van der Waals surface area contributed by atoms with Gasteiger partial charge in [-0.3, -0.25) is 4.79 Å². The molecule has 2 aromatic carbocycles. The Kier molecular flexibility index (Phi) is 6.85. The van der Waals surface area contributed by atoms with Crippen LogP contribution in [-0.2, 0) is 20.7 Å². The molecule has 2 unspecified atom stereocenters. The summed E-state index contributed by atoms with van der Waals surface area (Å²) in [6.45, 7) is -2.45. The molecule has 5 nitrogen and oxygen atoms in total. The van der Waals surface area contributed by atoms with Gasteiger partial charge in [0.25, 0.3) is 0 Å². The molecule has 9 heteroatoms. The third-order valence-electron chi connectivity index (χ3n) is 3.04. The summed E-state index contributed by atoms with van der Waals surface area (Å²) < 4.78 is 35.7. The van der Waals surface area contributed by atoms with E-state index in [0.29, 0.717) is 0 Å². The molecular weight excluding hydrogens is 391 g/mol. The van der Waals surface area contributed by atoms with Crippen LogP contribution in [0.15, 0.2) is 48.5 Å². The first-order chi connectivity index (χ1) is 11.8. The van der Waals surface area contributed by atoms with Gasteiger partial charge < -0.3 is 9.26 Å². The van der Waals surface area contributed by atoms with Crippen LogP contribution in [0.3, 0.4) is 0 Å². The first-order valence-corrected chi connectivity index (χ1v) is 10.1. The van der Waals surface area contributed by atoms with Gasteiger partial charge in [0.05, 0.1) is 5.02 Å². The summed E-state index contributed by atoms with van der Waals surface area (Å²) in [6.07, 6.45) is 0. The molecule has 0 heterocycles. The number of rotatable bonds is 7. The first kappa shape index (κ1) is 19.7. The zero-order valence-electron chi connectivity index (χ0n) is 13.1. The highest BCUT2D eigenvalue weighted by molar-refractivity contribution is 7.84. The maximum atomic E-state index is 13.4. The molecule has 0 fully saturated rings. The van der Waals surface area contributed by atoms with Gasteiger partial charge in [-0.1, -0.05) is 41.9 Å². The number of hydrogen-bond donors (Lipinski definition) is 1. The second kappa shape index (κ2) is 8.68. The fraction of sp³-hybridized carbons (Fsp3) is 0.188. The van der Waals surface area contributed by atoms with Crippen molar-refractivity contribution in [1.82, 2.24) is 5.09 Å². The van der Waals surface area contributed by atoms with Crippen molar-refractivity contribution in [3.8, 4) is 5.75 Å². The Morgan fingerprint density at radius 1 is 1.28 bits per heavy atom. The predicted octanol–water partition coefficient (Wildman–Crippen LogP) is 4.93. The van der Waals surface area contributed by atoms with Crippen LogP contribution in [-0.4, -0.2) is 12.0 Å². The third-order valence-corrected chi connectivity index (χ3v) is 4.99. The second-order valence-electron chi connectivity index (χ2n) is 5.09. The average molecular weight is 406 g/mol. The van der Waals surface area contributed by atoms with Gasteiger partial charge in [-0.05, 0) is 24.6 Å². The Bertz CT molecular complexity index is 791. The SMILES string of the molecule is CC(NP(=O)(Cl)Oc1ccc(Cl)c(F)c1)C(=O)OCc1ccccc1. The quantitative estimate of drug-likeness (QED) is 0.522. The topological polar surface area (TPSA) is 64.6 Å². The number of carbonyl (C=O) groups is 1. The molecule has 0 saturated carbocycles. The van der Waals surface area contributed by atoms with Crippen molar-refractivity contribution in [2.45, 2.75) is 19.6 Å². The normalized spacial score (nSPS) is 14.4. The van der Waals surface area contributed by atoms with E-state index in [1.165, 1.54) is 19.1 Å². The van der Waals surface area contributed by atoms with E-state index in [0.717, 1.165) is 11.6 Å². The number of halogens is 3. The van der Waals surface area contributed by atoms with E-state index in [1.54, 1.807) is 12.1 Å². The molecule has 0 aromatic heterocycles. The molecule has 1 N–H and O–H groups in total. The Hall–Kier alpha value is -1.59. The summed E-state index contributed by atoms with van der Waals surface area (Å²) in [4.78, 5) is 11.9. The molecule has 0 aliphatic rings. The summed E-state index contributed by atoms with van der Waals surface area (Å²) in [5.74, 6) is -1.49. The van der Waals surface area contributed by atoms with Crippen LogP contribution in [0, 0.1) is 5.82 Å². The van der Waals surface area contributed by atoms with Gasteiger partial charge in [0.1, 0.15) is 24.2 Å². The number of benzene rings is 2. The highest BCUT2D eigenvalue weighted by atomic mass is 35.7. The second-order valence-corrected chi connectivity index (χ2v) is 8.23. The zero-order chi connectivity index (χ0) is 18.4. The van der Waals surface area contributed by atoms with Crippen LogP contribution in [0.4, 0.5) is 4.39 Å². The number of esters is 1. The number of ether oxygens (including phenoxy) is 1. The highest BCUT2D eigenvalue weighted by Crippen LogP contribution is 2.48. The fourth-order valence-corrected chi connectivity index (χ4v) is 3.63. The van der Waals surface area contributed by atoms with Crippen molar-refractivity contribution < 1.29 is 23.0 Å². The molecule has 0 saturated heterocycles. The molecule has 0 spiro atoms. The van der Waals surface area contributed by atoms with Crippen LogP contribution >= 0.6 is 29.7 Å². The van der Waals surface area contributed by atoms with E-state index in [9.17, 15) is 13.8 Å². The number of hydrogen-bond acceptors (Lipinski definition) is 4. The third kappa shape index (κ3) is 6.33. The Morgan fingerprint density at radius 2 is 1.96 bits per heavy atom. The average Bonchev–Trinajstić information content (AvgIpc) is 2.56. The van der Waals surface area contributed by atoms with Crippen molar-refractivity contribution in [2.75, 3.05) is 0 Å². The van der Waals surface area contributed by atoms with E-state index in [4.69, 9.17) is 32.1 Å². The van der Waals surface area contributed by atoms with Crippen molar-refractivity contribution in [3.63, 3.8) is 0 Å². The number of nitrogens with one attached hydrogen (secondary N) is 1. The molecule has 2 rings (SSSR count). The predicted molar refractivity (Wildman–Crippen MR) is 94.3 cm³/mol. The van der Waals surface area contributed by atoms with E-state index < -0.39 is 24.7 Å². The summed E-state index contributed by atoms with van der Waals surface area (Å²) in [5, 5.41) is 2.23. The van der Waals surface area contributed by atoms with Crippen LogP contribution in [0.2, 0.25) is 5.02 Å². The molecule has 0 amide bonds. The van der Waals surface area contributed by atoms with E-state index in [2.05, 4.69) is 5.09 Å². The molecule has 2 atom stereocenters. The van der Waals surface area contributed by atoms with Crippen molar-refractivity contribution >= 4 is 35.7 Å². The van der Waals surface area contributed by atoms with E-state index >= 15 is 0 Å². The largest absolute Gasteiger partial charge is 0.460 e. The maximum Gasteiger partial charge on any atom is 0.409 e. The number of carbonyl (C=O) groups excluding carboxylic acids is 1. The van der Waals surface area contributed by atoms with Gasteiger partial charge in [0.2, 0.25) is 0 Å². The first-order valence-electron chi connectivity index (χ1n) is 7.19. The van der Waals surface area contributed by atoms with Gasteiger partial charge in [0.15, 0.2) is 0 Å². The van der Waals surface area contributed by atoms with Crippen molar-refractivity contribution in [3.05, 3.63) is 64.9 Å². The minimum atomic E-state index is -3.94. The van der Waals surface area contributed by atoms with E-state index in [-0.39, 0.29) is 17.4 Å². The lowest BCUT2D eigenvalue weighted by atomic mass is 10.2. The molecule has 0 aliphatic carbocycles. The maximum absolute atomic E-state index is 13.4. The van der Waals surface area contributed by atoms with Crippen LogP contribution in [0.5, 0.6) is 5.75 Å². The van der Waals surface area contributed by atoms with Crippen LogP contribution in [0.1, 0.15) is 12.5 Å². The van der Waals surface area contributed by atoms with Gasteiger partial charge >= 0.3 is 12.8 Å². The summed E-state index contributed by atoms with van der Waals surface area (Å²) >= 11 is 11.3. The molecule has 2 aromatic rings. The Balaban J connectivity index is 1.90. The lowest BCUT2D eigenvalue weighted by Crippen LogP contribution is -2.33. The molecule has 134 valence electrons. The summed E-state index contributed by atoms with van der Waals surface area (Å²) in [5.41, 5.74) is 0.810. The van der Waals surface area contributed by atoms with E-state index in [1.807, 2.05) is 18.2 Å². The zero-order valence-corrected chi connectivity index (χ0v) is 15.5. The molecular formula is C16H15Cl2FNO4P.